The molecule has 21 heavy (non-hydrogen) atoms. The van der Waals surface area contributed by atoms with E-state index in [2.05, 4.69) is 20.8 Å². The lowest BCUT2D eigenvalue weighted by Crippen LogP contribution is -2.44. The van der Waals surface area contributed by atoms with Gasteiger partial charge < -0.3 is 10.6 Å². The number of carbonyl (C=O) groups excluding carboxylic acids is 1. The van der Waals surface area contributed by atoms with Crippen molar-refractivity contribution in [3.8, 4) is 0 Å². The van der Waals surface area contributed by atoms with Crippen molar-refractivity contribution in [3.05, 3.63) is 35.4 Å². The van der Waals surface area contributed by atoms with Crippen molar-refractivity contribution in [1.82, 2.24) is 4.90 Å². The lowest BCUT2D eigenvalue weighted by atomic mass is 9.83. The maximum absolute atomic E-state index is 12.9. The molecule has 0 bridgehead atoms. The number of nitrogens with zero attached hydrogens (tertiary/aromatic N) is 1. The molecule has 1 aliphatic heterocycles. The van der Waals surface area contributed by atoms with Crippen molar-refractivity contribution in [2.45, 2.75) is 39.0 Å². The Morgan fingerprint density at radius 2 is 2.00 bits per heavy atom. The molecule has 114 valence electrons. The first-order valence-corrected chi connectivity index (χ1v) is 7.89. The van der Waals surface area contributed by atoms with Gasteiger partial charge in [-0.2, -0.15) is 0 Å². The lowest BCUT2D eigenvalue weighted by molar-refractivity contribution is 0.0701. The van der Waals surface area contributed by atoms with E-state index in [0.29, 0.717) is 11.5 Å². The molecule has 1 heterocycles. The average Bonchev–Trinajstić information content (AvgIpc) is 2.45. The third-order valence-electron chi connectivity index (χ3n) is 4.08. The Balaban J connectivity index is 2.26. The van der Waals surface area contributed by atoms with Crippen LogP contribution in [0.25, 0.3) is 0 Å². The summed E-state index contributed by atoms with van der Waals surface area (Å²) in [5.41, 5.74) is 7.60. The van der Waals surface area contributed by atoms with E-state index in [1.807, 2.05) is 29.2 Å². The predicted octanol–water partition coefficient (Wildman–Crippen LogP) is 3.12. The topological polar surface area (TPSA) is 46.3 Å². The fraction of sp³-hybridized carbons (Fsp3) is 0.529. The van der Waals surface area contributed by atoms with Gasteiger partial charge in [0.2, 0.25) is 0 Å². The Morgan fingerprint density at radius 1 is 1.33 bits per heavy atom. The molecule has 4 heteroatoms. The minimum absolute atomic E-state index is 0.0510. The predicted molar refractivity (Wildman–Crippen MR) is 90.6 cm³/mol. The highest BCUT2D eigenvalue weighted by Crippen LogP contribution is 2.28. The molecular formula is C17H24N2OS. The number of hydrogen-bond donors (Lipinski definition) is 1. The minimum atomic E-state index is -0.0510. The highest BCUT2D eigenvalue weighted by molar-refractivity contribution is 7.80. The van der Waals surface area contributed by atoms with E-state index < -0.39 is 0 Å². The number of piperidine rings is 1. The highest BCUT2D eigenvalue weighted by Gasteiger charge is 2.29. The van der Waals surface area contributed by atoms with Gasteiger partial charge in [-0.1, -0.05) is 51.2 Å². The first-order chi connectivity index (χ1) is 9.80. The molecule has 0 aromatic heterocycles. The smallest absolute Gasteiger partial charge is 0.254 e. The van der Waals surface area contributed by atoms with Crippen molar-refractivity contribution in [1.29, 1.82) is 0 Å². The summed E-state index contributed by atoms with van der Waals surface area (Å²) in [6.07, 6.45) is 1.95. The molecule has 1 unspecified atom stereocenters. The van der Waals surface area contributed by atoms with Crippen LogP contribution in [-0.4, -0.2) is 28.9 Å². The maximum atomic E-state index is 12.9. The van der Waals surface area contributed by atoms with Gasteiger partial charge in [-0.15, -0.1) is 0 Å². The van der Waals surface area contributed by atoms with E-state index in [9.17, 15) is 4.79 Å². The second-order valence-electron chi connectivity index (χ2n) is 6.79. The minimum Gasteiger partial charge on any atom is -0.393 e. The van der Waals surface area contributed by atoms with E-state index in [4.69, 9.17) is 18.0 Å². The van der Waals surface area contributed by atoms with Gasteiger partial charge in [-0.05, 0) is 29.9 Å². The van der Waals surface area contributed by atoms with Gasteiger partial charge in [-0.25, -0.2) is 0 Å². The van der Waals surface area contributed by atoms with E-state index >= 15 is 0 Å². The molecule has 0 saturated carbocycles. The van der Waals surface area contributed by atoms with Gasteiger partial charge in [0.25, 0.3) is 5.91 Å². The maximum Gasteiger partial charge on any atom is 0.254 e. The summed E-state index contributed by atoms with van der Waals surface area (Å²) in [6.45, 7) is 7.83. The molecule has 1 fully saturated rings. The van der Waals surface area contributed by atoms with Crippen LogP contribution in [0.1, 0.15) is 49.5 Å². The standard InChI is InChI=1S/C17H24N2OS/c1-17(2,3)14-9-5-4-8-13(14)16(20)19-10-6-7-12(11-19)15(18)21/h4-5,8-9,12H,6-7,10-11H2,1-3H3,(H2,18,21). The van der Waals surface area contributed by atoms with Crippen LogP contribution in [0.4, 0.5) is 0 Å². The molecule has 2 rings (SSSR count). The number of carbonyl (C=O) groups is 1. The van der Waals surface area contributed by atoms with Crippen molar-refractivity contribution in [3.63, 3.8) is 0 Å². The normalized spacial score (nSPS) is 19.4. The number of rotatable bonds is 2. The van der Waals surface area contributed by atoms with Gasteiger partial charge in [0.15, 0.2) is 0 Å². The van der Waals surface area contributed by atoms with E-state index in [1.54, 1.807) is 0 Å². The van der Waals surface area contributed by atoms with E-state index in [1.165, 1.54) is 0 Å². The molecule has 2 N–H and O–H groups in total. The SMILES string of the molecule is CC(C)(C)c1ccccc1C(=O)N1CCCC(C(N)=S)C1. The first-order valence-electron chi connectivity index (χ1n) is 7.49. The first kappa shape index (κ1) is 16.0. The molecular weight excluding hydrogens is 280 g/mol. The molecule has 1 aromatic carbocycles. The zero-order valence-corrected chi connectivity index (χ0v) is 13.9. The zero-order chi connectivity index (χ0) is 15.6. The Hall–Kier alpha value is -1.42. The van der Waals surface area contributed by atoms with Gasteiger partial charge in [-0.3, -0.25) is 4.79 Å². The van der Waals surface area contributed by atoms with Crippen LogP contribution < -0.4 is 5.73 Å². The fourth-order valence-corrected chi connectivity index (χ4v) is 3.08. The summed E-state index contributed by atoms with van der Waals surface area (Å²) in [6, 6.07) is 7.89. The van der Waals surface area contributed by atoms with Crippen LogP contribution >= 0.6 is 12.2 Å². The molecule has 1 amide bonds. The molecule has 1 aromatic rings. The Labute approximate surface area is 132 Å². The lowest BCUT2D eigenvalue weighted by Gasteiger charge is -2.33. The summed E-state index contributed by atoms with van der Waals surface area (Å²) in [5.74, 6) is 0.251. The van der Waals surface area contributed by atoms with Crippen LogP contribution in [0.3, 0.4) is 0 Å². The van der Waals surface area contributed by atoms with Crippen molar-refractivity contribution < 1.29 is 4.79 Å². The third kappa shape index (κ3) is 3.62. The van der Waals surface area contributed by atoms with Gasteiger partial charge in [0, 0.05) is 24.6 Å². The summed E-state index contributed by atoms with van der Waals surface area (Å²) < 4.78 is 0. The van der Waals surface area contributed by atoms with E-state index in [0.717, 1.165) is 30.5 Å². The number of thiocarbonyl (C=S) groups is 1. The van der Waals surface area contributed by atoms with Crippen molar-refractivity contribution in [2.24, 2.45) is 11.7 Å². The molecule has 3 nitrogen and oxygen atoms in total. The van der Waals surface area contributed by atoms with Crippen molar-refractivity contribution >= 4 is 23.1 Å². The summed E-state index contributed by atoms with van der Waals surface area (Å²) >= 11 is 5.10. The van der Waals surface area contributed by atoms with Crippen LogP contribution in [0.15, 0.2) is 24.3 Å². The Bertz CT molecular complexity index is 548. The highest BCUT2D eigenvalue weighted by atomic mass is 32.1. The fourth-order valence-electron chi connectivity index (χ4n) is 2.89. The van der Waals surface area contributed by atoms with Crippen molar-refractivity contribution in [2.75, 3.05) is 13.1 Å². The number of benzene rings is 1. The molecule has 1 aliphatic rings. The number of hydrogen-bond acceptors (Lipinski definition) is 2. The quantitative estimate of drug-likeness (QED) is 0.854. The van der Waals surface area contributed by atoms with Gasteiger partial charge in [0.05, 0.1) is 4.99 Å². The van der Waals surface area contributed by atoms with Crippen LogP contribution in [0.5, 0.6) is 0 Å². The number of likely N-dealkylation sites (tertiary alicyclic amines) is 1. The summed E-state index contributed by atoms with van der Waals surface area (Å²) in [4.78, 5) is 15.3. The third-order valence-corrected chi connectivity index (χ3v) is 4.41. The molecule has 1 saturated heterocycles. The summed E-state index contributed by atoms with van der Waals surface area (Å²) in [5, 5.41) is 0. The van der Waals surface area contributed by atoms with Crippen LogP contribution in [0.2, 0.25) is 0 Å². The second kappa shape index (κ2) is 6.14. The Morgan fingerprint density at radius 3 is 2.62 bits per heavy atom. The van der Waals surface area contributed by atoms with Gasteiger partial charge >= 0.3 is 0 Å². The molecule has 0 radical (unpaired) electrons. The molecule has 1 atom stereocenters. The van der Waals surface area contributed by atoms with Crippen LogP contribution in [0, 0.1) is 5.92 Å². The van der Waals surface area contributed by atoms with Gasteiger partial charge in [0.1, 0.15) is 0 Å². The van der Waals surface area contributed by atoms with Crippen LogP contribution in [-0.2, 0) is 5.41 Å². The number of nitrogens with two attached hydrogens (primary N) is 1. The zero-order valence-electron chi connectivity index (χ0n) is 13.1. The largest absolute Gasteiger partial charge is 0.393 e. The van der Waals surface area contributed by atoms with E-state index in [-0.39, 0.29) is 17.2 Å². The molecule has 0 aliphatic carbocycles. The number of amides is 1. The average molecular weight is 304 g/mol. The second-order valence-corrected chi connectivity index (χ2v) is 7.26. The monoisotopic (exact) mass is 304 g/mol. The summed E-state index contributed by atoms with van der Waals surface area (Å²) in [7, 11) is 0. The molecule has 0 spiro atoms. The Kier molecular flexibility index (Phi) is 4.67.